The standard InChI is InChI=1S/C14H18BrN3/c1-10-8-13(9-11(2)14(10)15)17-5-7-18-6-4-16-12(18)3/h4,6,8-9,17H,5,7H2,1-3H3. The molecule has 1 heterocycles. The van der Waals surface area contributed by atoms with Crippen LogP contribution in [0.3, 0.4) is 0 Å². The second-order valence-electron chi connectivity index (χ2n) is 4.52. The molecule has 0 saturated carbocycles. The van der Waals surface area contributed by atoms with Crippen LogP contribution in [0, 0.1) is 20.8 Å². The normalized spacial score (nSPS) is 10.7. The summed E-state index contributed by atoms with van der Waals surface area (Å²) in [4.78, 5) is 4.21. The van der Waals surface area contributed by atoms with E-state index in [0.29, 0.717) is 0 Å². The number of anilines is 1. The maximum Gasteiger partial charge on any atom is 0.105 e. The Morgan fingerprint density at radius 3 is 2.44 bits per heavy atom. The van der Waals surface area contributed by atoms with Gasteiger partial charge in [0.2, 0.25) is 0 Å². The molecule has 0 aliphatic heterocycles. The molecule has 3 nitrogen and oxygen atoms in total. The van der Waals surface area contributed by atoms with E-state index in [0.717, 1.165) is 18.9 Å². The quantitative estimate of drug-likeness (QED) is 0.933. The summed E-state index contributed by atoms with van der Waals surface area (Å²) < 4.78 is 3.34. The van der Waals surface area contributed by atoms with E-state index in [1.165, 1.54) is 21.3 Å². The van der Waals surface area contributed by atoms with E-state index in [4.69, 9.17) is 0 Å². The van der Waals surface area contributed by atoms with Crippen LogP contribution in [0.5, 0.6) is 0 Å². The van der Waals surface area contributed by atoms with Crippen molar-refractivity contribution in [2.75, 3.05) is 11.9 Å². The molecule has 0 bridgehead atoms. The van der Waals surface area contributed by atoms with E-state index in [-0.39, 0.29) is 0 Å². The molecule has 2 aromatic rings. The van der Waals surface area contributed by atoms with Crippen LogP contribution in [-0.4, -0.2) is 16.1 Å². The number of aromatic nitrogens is 2. The van der Waals surface area contributed by atoms with Gasteiger partial charge in [-0.05, 0) is 44.0 Å². The number of rotatable bonds is 4. The second-order valence-corrected chi connectivity index (χ2v) is 5.31. The predicted molar refractivity (Wildman–Crippen MR) is 79.1 cm³/mol. The minimum Gasteiger partial charge on any atom is -0.383 e. The highest BCUT2D eigenvalue weighted by Gasteiger charge is 2.02. The number of aryl methyl sites for hydroxylation is 3. The van der Waals surface area contributed by atoms with Gasteiger partial charge >= 0.3 is 0 Å². The minimum absolute atomic E-state index is 0.901. The first-order valence-corrected chi connectivity index (χ1v) is 6.85. The van der Waals surface area contributed by atoms with Gasteiger partial charge in [-0.15, -0.1) is 0 Å². The molecule has 18 heavy (non-hydrogen) atoms. The Labute approximate surface area is 116 Å². The van der Waals surface area contributed by atoms with Crippen molar-refractivity contribution in [1.82, 2.24) is 9.55 Å². The van der Waals surface area contributed by atoms with Crippen LogP contribution in [0.1, 0.15) is 17.0 Å². The molecule has 0 aliphatic rings. The summed E-state index contributed by atoms with van der Waals surface area (Å²) in [7, 11) is 0. The number of imidazole rings is 1. The smallest absolute Gasteiger partial charge is 0.105 e. The fourth-order valence-electron chi connectivity index (χ4n) is 2.01. The fraction of sp³-hybridized carbons (Fsp3) is 0.357. The molecule has 0 spiro atoms. The molecule has 0 atom stereocenters. The van der Waals surface area contributed by atoms with Gasteiger partial charge in [0.05, 0.1) is 0 Å². The molecule has 4 heteroatoms. The Balaban J connectivity index is 1.97. The zero-order chi connectivity index (χ0) is 13.1. The summed E-state index contributed by atoms with van der Waals surface area (Å²) in [6.07, 6.45) is 3.85. The molecule has 0 radical (unpaired) electrons. The Hall–Kier alpha value is -1.29. The van der Waals surface area contributed by atoms with Crippen LogP contribution in [0.4, 0.5) is 5.69 Å². The van der Waals surface area contributed by atoms with Gasteiger partial charge in [0.1, 0.15) is 5.82 Å². The molecule has 0 amide bonds. The minimum atomic E-state index is 0.901. The maximum absolute atomic E-state index is 4.21. The highest BCUT2D eigenvalue weighted by Crippen LogP contribution is 2.24. The van der Waals surface area contributed by atoms with Crippen LogP contribution in [-0.2, 0) is 6.54 Å². The van der Waals surface area contributed by atoms with E-state index < -0.39 is 0 Å². The number of benzene rings is 1. The number of hydrogen-bond acceptors (Lipinski definition) is 2. The first kappa shape index (κ1) is 13.1. The molecule has 2 rings (SSSR count). The summed E-state index contributed by atoms with van der Waals surface area (Å²) in [5.74, 6) is 1.06. The van der Waals surface area contributed by atoms with Crippen molar-refractivity contribution in [3.63, 3.8) is 0 Å². The number of nitrogens with zero attached hydrogens (tertiary/aromatic N) is 2. The predicted octanol–water partition coefficient (Wildman–Crippen LogP) is 3.68. The zero-order valence-electron chi connectivity index (χ0n) is 11.0. The third-order valence-electron chi connectivity index (χ3n) is 3.04. The van der Waals surface area contributed by atoms with Gasteiger partial charge in [-0.1, -0.05) is 15.9 Å². The maximum atomic E-state index is 4.21. The van der Waals surface area contributed by atoms with E-state index in [2.05, 4.69) is 56.8 Å². The summed E-state index contributed by atoms with van der Waals surface area (Å²) in [5.41, 5.74) is 3.69. The molecule has 0 unspecified atom stereocenters. The molecule has 1 N–H and O–H groups in total. The van der Waals surface area contributed by atoms with Crippen LogP contribution in [0.25, 0.3) is 0 Å². The van der Waals surface area contributed by atoms with Crippen molar-refractivity contribution < 1.29 is 0 Å². The van der Waals surface area contributed by atoms with Crippen LogP contribution < -0.4 is 5.32 Å². The van der Waals surface area contributed by atoms with E-state index in [1.807, 2.05) is 19.3 Å². The van der Waals surface area contributed by atoms with Crippen LogP contribution >= 0.6 is 15.9 Å². The topological polar surface area (TPSA) is 29.9 Å². The van der Waals surface area contributed by atoms with Gasteiger partial charge in [0.25, 0.3) is 0 Å². The van der Waals surface area contributed by atoms with Crippen LogP contribution in [0.15, 0.2) is 29.0 Å². The lowest BCUT2D eigenvalue weighted by Gasteiger charge is -2.11. The molecular weight excluding hydrogens is 290 g/mol. The van der Waals surface area contributed by atoms with Gasteiger partial charge < -0.3 is 9.88 Å². The van der Waals surface area contributed by atoms with Crippen molar-refractivity contribution in [1.29, 1.82) is 0 Å². The first-order valence-electron chi connectivity index (χ1n) is 6.06. The highest BCUT2D eigenvalue weighted by atomic mass is 79.9. The third-order valence-corrected chi connectivity index (χ3v) is 4.29. The lowest BCUT2D eigenvalue weighted by Crippen LogP contribution is -2.11. The largest absolute Gasteiger partial charge is 0.383 e. The van der Waals surface area contributed by atoms with Crippen molar-refractivity contribution >= 4 is 21.6 Å². The molecular formula is C14H18BrN3. The van der Waals surface area contributed by atoms with Gasteiger partial charge in [0, 0.05) is 35.6 Å². The molecule has 1 aromatic carbocycles. The monoisotopic (exact) mass is 307 g/mol. The summed E-state index contributed by atoms with van der Waals surface area (Å²) in [5, 5.41) is 3.45. The van der Waals surface area contributed by atoms with Gasteiger partial charge in [-0.3, -0.25) is 0 Å². The van der Waals surface area contributed by atoms with Crippen molar-refractivity contribution in [2.24, 2.45) is 0 Å². The lowest BCUT2D eigenvalue weighted by atomic mass is 10.1. The average Bonchev–Trinajstić information content (AvgIpc) is 2.72. The van der Waals surface area contributed by atoms with Gasteiger partial charge in [-0.2, -0.15) is 0 Å². The summed E-state index contributed by atoms with van der Waals surface area (Å²) in [6.45, 7) is 8.08. The highest BCUT2D eigenvalue weighted by molar-refractivity contribution is 9.10. The van der Waals surface area contributed by atoms with Crippen molar-refractivity contribution in [2.45, 2.75) is 27.3 Å². The number of nitrogens with one attached hydrogen (secondary N) is 1. The average molecular weight is 308 g/mol. The van der Waals surface area contributed by atoms with E-state index >= 15 is 0 Å². The van der Waals surface area contributed by atoms with E-state index in [1.54, 1.807) is 0 Å². The molecule has 0 saturated heterocycles. The van der Waals surface area contributed by atoms with Gasteiger partial charge in [0.15, 0.2) is 0 Å². The molecule has 0 fully saturated rings. The molecule has 1 aromatic heterocycles. The Kier molecular flexibility index (Phi) is 4.07. The lowest BCUT2D eigenvalue weighted by molar-refractivity contribution is 0.701. The molecule has 0 aliphatic carbocycles. The summed E-state index contributed by atoms with van der Waals surface area (Å²) >= 11 is 3.58. The van der Waals surface area contributed by atoms with Gasteiger partial charge in [-0.25, -0.2) is 4.98 Å². The zero-order valence-corrected chi connectivity index (χ0v) is 12.6. The number of hydrogen-bond donors (Lipinski definition) is 1. The first-order chi connectivity index (χ1) is 8.58. The second kappa shape index (κ2) is 5.57. The van der Waals surface area contributed by atoms with Crippen molar-refractivity contribution in [3.8, 4) is 0 Å². The molecule has 96 valence electrons. The fourth-order valence-corrected chi connectivity index (χ4v) is 2.24. The SMILES string of the molecule is Cc1cc(NCCn2ccnc2C)cc(C)c1Br. The Morgan fingerprint density at radius 1 is 1.22 bits per heavy atom. The van der Waals surface area contributed by atoms with Crippen LogP contribution in [0.2, 0.25) is 0 Å². The van der Waals surface area contributed by atoms with Crippen molar-refractivity contribution in [3.05, 3.63) is 46.0 Å². The number of halogens is 1. The third kappa shape index (κ3) is 2.93. The Morgan fingerprint density at radius 2 is 1.89 bits per heavy atom. The van der Waals surface area contributed by atoms with E-state index in [9.17, 15) is 0 Å². The summed E-state index contributed by atoms with van der Waals surface area (Å²) in [6, 6.07) is 4.33. The Bertz CT molecular complexity index is 523.